The summed E-state index contributed by atoms with van der Waals surface area (Å²) in [5.74, 6) is 0.0750. The van der Waals surface area contributed by atoms with Crippen LogP contribution in [-0.4, -0.2) is 16.7 Å². The minimum atomic E-state index is -0.863. The Hall–Kier alpha value is -2.21. The lowest BCUT2D eigenvalue weighted by Crippen LogP contribution is -2.17. The van der Waals surface area contributed by atoms with Gasteiger partial charge in [0.2, 0.25) is 0 Å². The normalized spacial score (nSPS) is 12.5. The molecule has 1 unspecified atom stereocenters. The fourth-order valence-corrected chi connectivity index (χ4v) is 5.24. The largest absolute Gasteiger partial charge is 0.386 e. The van der Waals surface area contributed by atoms with E-state index in [1.165, 1.54) is 24.2 Å². The van der Waals surface area contributed by atoms with Crippen molar-refractivity contribution in [3.8, 4) is 11.1 Å². The van der Waals surface area contributed by atoms with Gasteiger partial charge in [0, 0.05) is 33.9 Å². The van der Waals surface area contributed by atoms with Gasteiger partial charge in [0.25, 0.3) is 0 Å². The topological polar surface area (TPSA) is 42.4 Å². The van der Waals surface area contributed by atoms with Crippen molar-refractivity contribution in [1.82, 2.24) is 4.98 Å². The number of unbranched alkanes of at least 4 members (excludes halogenated alkanes) is 2. The molecule has 0 fully saturated rings. The highest BCUT2D eigenvalue weighted by Crippen LogP contribution is 2.41. The summed E-state index contributed by atoms with van der Waals surface area (Å²) in [5, 5.41) is 11.6. The van der Waals surface area contributed by atoms with E-state index in [4.69, 9.17) is 9.17 Å². The molecule has 0 bridgehead atoms. The predicted molar refractivity (Wildman–Crippen MR) is 149 cm³/mol. The van der Waals surface area contributed by atoms with E-state index in [-0.39, 0.29) is 24.3 Å². The van der Waals surface area contributed by atoms with Crippen LogP contribution >= 0.6 is 12.0 Å². The van der Waals surface area contributed by atoms with E-state index in [1.807, 2.05) is 43.3 Å². The van der Waals surface area contributed by atoms with Crippen LogP contribution < -0.4 is 0 Å². The molecule has 194 valence electrons. The first-order valence-corrected chi connectivity index (χ1v) is 13.8. The molecule has 0 aliphatic heterocycles. The Morgan fingerprint density at radius 1 is 0.944 bits per heavy atom. The first-order valence-electron chi connectivity index (χ1n) is 13.1. The third-order valence-electron chi connectivity index (χ3n) is 6.46. The summed E-state index contributed by atoms with van der Waals surface area (Å²) in [6.45, 7) is 12.9. The molecule has 0 saturated heterocycles. The fraction of sp³-hybridized carbons (Fsp3) is 0.452. The Morgan fingerprint density at radius 2 is 1.61 bits per heavy atom. The van der Waals surface area contributed by atoms with Gasteiger partial charge < -0.3 is 9.29 Å². The minimum Gasteiger partial charge on any atom is -0.386 e. The van der Waals surface area contributed by atoms with Gasteiger partial charge in [-0.05, 0) is 72.1 Å². The molecule has 3 aromatic rings. The maximum absolute atomic E-state index is 13.9. The number of aromatic nitrogens is 1. The van der Waals surface area contributed by atoms with Crippen molar-refractivity contribution >= 4 is 12.0 Å². The zero-order chi connectivity index (χ0) is 26.2. The molecular weight excluding hydrogens is 469 g/mol. The Bertz CT molecular complexity index is 1130. The van der Waals surface area contributed by atoms with Crippen molar-refractivity contribution in [2.75, 3.05) is 6.61 Å². The third-order valence-corrected chi connectivity index (χ3v) is 7.35. The van der Waals surface area contributed by atoms with Crippen LogP contribution in [0.5, 0.6) is 0 Å². The van der Waals surface area contributed by atoms with Crippen molar-refractivity contribution < 1.29 is 13.7 Å². The van der Waals surface area contributed by atoms with Crippen LogP contribution in [0.1, 0.15) is 99.9 Å². The molecule has 0 radical (unpaired) electrons. The predicted octanol–water partition coefficient (Wildman–Crippen LogP) is 8.93. The van der Waals surface area contributed by atoms with Crippen LogP contribution in [-0.2, 0) is 10.6 Å². The van der Waals surface area contributed by atoms with Crippen LogP contribution in [0.2, 0.25) is 0 Å². The Morgan fingerprint density at radius 3 is 2.22 bits per heavy atom. The van der Waals surface area contributed by atoms with Crippen LogP contribution in [0.3, 0.4) is 0 Å². The molecule has 1 aromatic heterocycles. The number of aliphatic hydroxyl groups is 1. The summed E-state index contributed by atoms with van der Waals surface area (Å²) >= 11 is 1.29. The smallest absolute Gasteiger partial charge is 0.123 e. The molecule has 5 heteroatoms. The summed E-state index contributed by atoms with van der Waals surface area (Å²) < 4.78 is 19.9. The molecule has 3 nitrogen and oxygen atoms in total. The average Bonchev–Trinajstić information content (AvgIpc) is 2.85. The highest BCUT2D eigenvalue weighted by atomic mass is 32.2. The number of hydrogen-bond acceptors (Lipinski definition) is 4. The van der Waals surface area contributed by atoms with Gasteiger partial charge in [0.15, 0.2) is 0 Å². The second-order valence-corrected chi connectivity index (χ2v) is 10.9. The number of rotatable bonds is 12. The second-order valence-electron chi connectivity index (χ2n) is 10.1. The molecule has 36 heavy (non-hydrogen) atoms. The lowest BCUT2D eigenvalue weighted by molar-refractivity contribution is 0.118. The quantitative estimate of drug-likeness (QED) is 0.195. The molecule has 0 aliphatic carbocycles. The van der Waals surface area contributed by atoms with Gasteiger partial charge >= 0.3 is 0 Å². The number of nitrogens with zero attached hydrogens (tertiary/aromatic N) is 1. The molecule has 0 aliphatic rings. The van der Waals surface area contributed by atoms with Gasteiger partial charge in [-0.3, -0.25) is 4.98 Å². The number of pyridine rings is 1. The van der Waals surface area contributed by atoms with Crippen molar-refractivity contribution in [3.05, 3.63) is 82.4 Å². The van der Waals surface area contributed by atoms with Gasteiger partial charge in [-0.1, -0.05) is 77.8 Å². The van der Waals surface area contributed by atoms with Crippen LogP contribution in [0.4, 0.5) is 4.39 Å². The molecule has 1 N–H and O–H groups in total. The molecule has 0 amide bonds. The first-order chi connectivity index (χ1) is 17.2. The van der Waals surface area contributed by atoms with E-state index < -0.39 is 6.10 Å². The minimum absolute atomic E-state index is 0.111. The van der Waals surface area contributed by atoms with Gasteiger partial charge in [-0.25, -0.2) is 4.39 Å². The highest BCUT2D eigenvalue weighted by Gasteiger charge is 2.27. The molecule has 0 spiro atoms. The number of halogens is 1. The van der Waals surface area contributed by atoms with Gasteiger partial charge in [-0.15, -0.1) is 0 Å². The first kappa shape index (κ1) is 28.4. The van der Waals surface area contributed by atoms with Gasteiger partial charge in [-0.2, -0.15) is 0 Å². The van der Waals surface area contributed by atoms with E-state index in [9.17, 15) is 9.50 Å². The van der Waals surface area contributed by atoms with Crippen molar-refractivity contribution in [1.29, 1.82) is 0 Å². The Labute approximate surface area is 220 Å². The van der Waals surface area contributed by atoms with Crippen molar-refractivity contribution in [3.63, 3.8) is 0 Å². The summed E-state index contributed by atoms with van der Waals surface area (Å²) in [6.07, 6.45) is 3.30. The SMILES string of the molecule is CCCCCc1c(C(C)C)nc(C(C)C)c(C(O)COSc2ccccc2C)c1-c1ccc(F)cc1. The average molecular weight is 510 g/mol. The van der Waals surface area contributed by atoms with Crippen LogP contribution in [0.15, 0.2) is 53.4 Å². The molecule has 3 rings (SSSR count). The van der Waals surface area contributed by atoms with Crippen molar-refractivity contribution in [2.45, 2.75) is 90.1 Å². The molecule has 1 atom stereocenters. The summed E-state index contributed by atoms with van der Waals surface area (Å²) in [6, 6.07) is 14.7. The maximum atomic E-state index is 13.9. The molecule has 2 aromatic carbocycles. The lowest BCUT2D eigenvalue weighted by Gasteiger charge is -2.27. The van der Waals surface area contributed by atoms with Crippen molar-refractivity contribution in [2.24, 2.45) is 0 Å². The summed E-state index contributed by atoms with van der Waals surface area (Å²) in [4.78, 5) is 6.19. The van der Waals surface area contributed by atoms with E-state index in [0.29, 0.717) is 0 Å². The molecular formula is C31H40FNO2S. The maximum Gasteiger partial charge on any atom is 0.123 e. The molecule has 0 saturated carbocycles. The van der Waals surface area contributed by atoms with Gasteiger partial charge in [0.05, 0.1) is 6.61 Å². The van der Waals surface area contributed by atoms with E-state index in [0.717, 1.165) is 69.8 Å². The van der Waals surface area contributed by atoms with Crippen LogP contribution in [0.25, 0.3) is 11.1 Å². The number of aliphatic hydroxyl groups excluding tert-OH is 1. The monoisotopic (exact) mass is 509 g/mol. The third kappa shape index (κ3) is 6.96. The summed E-state index contributed by atoms with van der Waals surface area (Å²) in [7, 11) is 0. The Balaban J connectivity index is 2.11. The molecule has 1 heterocycles. The van der Waals surface area contributed by atoms with E-state index in [1.54, 1.807) is 0 Å². The lowest BCUT2D eigenvalue weighted by atomic mass is 9.83. The van der Waals surface area contributed by atoms with E-state index in [2.05, 4.69) is 34.6 Å². The summed E-state index contributed by atoms with van der Waals surface area (Å²) in [5.41, 5.74) is 6.95. The van der Waals surface area contributed by atoms with Crippen LogP contribution in [0, 0.1) is 12.7 Å². The zero-order valence-corrected chi connectivity index (χ0v) is 23.3. The standard InChI is InChI=1S/C31H40FNO2S/c1-7-8-9-13-25-28(23-15-17-24(32)18-16-23)29(31(21(4)5)33-30(25)20(2)3)26(34)19-35-36-27-14-11-10-12-22(27)6/h10-12,14-18,20-21,26,34H,7-9,13,19H2,1-6H3. The highest BCUT2D eigenvalue weighted by molar-refractivity contribution is 7.94. The number of benzene rings is 2. The zero-order valence-electron chi connectivity index (χ0n) is 22.5. The Kier molecular flexibility index (Phi) is 10.5. The fourth-order valence-electron chi connectivity index (χ4n) is 4.58. The second kappa shape index (κ2) is 13.4. The number of aryl methyl sites for hydroxylation is 1. The van der Waals surface area contributed by atoms with E-state index >= 15 is 0 Å². The van der Waals surface area contributed by atoms with Gasteiger partial charge in [0.1, 0.15) is 11.9 Å². The number of hydrogen-bond donors (Lipinski definition) is 1.